The van der Waals surface area contributed by atoms with E-state index in [4.69, 9.17) is 5.73 Å². The van der Waals surface area contributed by atoms with Gasteiger partial charge in [0.1, 0.15) is 0 Å². The minimum Gasteiger partial charge on any atom is -0.369 e. The Hall–Kier alpha value is -1.85. The summed E-state index contributed by atoms with van der Waals surface area (Å²) in [7, 11) is 1.58. The average Bonchev–Trinajstić information content (AvgIpc) is 2.57. The Morgan fingerprint density at radius 3 is 2.93 bits per heavy atom. The van der Waals surface area contributed by atoms with E-state index >= 15 is 0 Å². The smallest absolute Gasteiger partial charge is 0.282 e. The Morgan fingerprint density at radius 1 is 1.57 bits per heavy atom. The van der Waals surface area contributed by atoms with Crippen LogP contribution in [0.25, 0.3) is 11.2 Å². The summed E-state index contributed by atoms with van der Waals surface area (Å²) in [6, 6.07) is 0. The van der Waals surface area contributed by atoms with Gasteiger partial charge in [-0.2, -0.15) is 4.98 Å². The van der Waals surface area contributed by atoms with Crippen LogP contribution in [0.5, 0.6) is 0 Å². The van der Waals surface area contributed by atoms with Crippen LogP contribution in [-0.2, 0) is 13.6 Å². The fourth-order valence-corrected chi connectivity index (χ4v) is 1.32. The number of rotatable bonds is 1. The van der Waals surface area contributed by atoms with Crippen molar-refractivity contribution in [2.45, 2.75) is 13.5 Å². The zero-order chi connectivity index (χ0) is 10.3. The highest BCUT2D eigenvalue weighted by atomic mass is 16.1. The molecule has 0 aliphatic carbocycles. The Balaban J connectivity index is 2.94. The monoisotopic (exact) mass is 193 g/mol. The van der Waals surface area contributed by atoms with Crippen LogP contribution in [0.15, 0.2) is 11.1 Å². The zero-order valence-electron chi connectivity index (χ0n) is 8.06. The van der Waals surface area contributed by atoms with Gasteiger partial charge in [-0.15, -0.1) is 0 Å². The third-order valence-electron chi connectivity index (χ3n) is 2.22. The molecule has 0 atom stereocenters. The second-order valence-corrected chi connectivity index (χ2v) is 3.04. The second-order valence-electron chi connectivity index (χ2n) is 3.04. The zero-order valence-corrected chi connectivity index (χ0v) is 8.06. The molecule has 0 fully saturated rings. The van der Waals surface area contributed by atoms with Crippen molar-refractivity contribution in [3.63, 3.8) is 0 Å². The standard InChI is InChI=1S/C8H11N5O/c1-3-13-4-10-5-6(13)11-8(9)12(2)7(5)14/h4H,3H2,1-2H3,(H2,9,11). The molecule has 0 amide bonds. The average molecular weight is 193 g/mol. The van der Waals surface area contributed by atoms with Crippen molar-refractivity contribution in [1.82, 2.24) is 19.1 Å². The van der Waals surface area contributed by atoms with Gasteiger partial charge in [0.05, 0.1) is 6.33 Å². The van der Waals surface area contributed by atoms with Gasteiger partial charge in [-0.3, -0.25) is 9.36 Å². The van der Waals surface area contributed by atoms with E-state index in [1.54, 1.807) is 17.9 Å². The number of imidazole rings is 1. The van der Waals surface area contributed by atoms with Crippen molar-refractivity contribution < 1.29 is 0 Å². The molecule has 0 bridgehead atoms. The summed E-state index contributed by atoms with van der Waals surface area (Å²) in [5, 5.41) is 0. The van der Waals surface area contributed by atoms with Crippen LogP contribution in [0, 0.1) is 0 Å². The summed E-state index contributed by atoms with van der Waals surface area (Å²) in [5.74, 6) is 0.206. The summed E-state index contributed by atoms with van der Waals surface area (Å²) in [4.78, 5) is 19.8. The summed E-state index contributed by atoms with van der Waals surface area (Å²) in [6.45, 7) is 2.67. The first-order valence-corrected chi connectivity index (χ1v) is 4.32. The van der Waals surface area contributed by atoms with Crippen LogP contribution in [0.1, 0.15) is 6.92 Å². The molecular weight excluding hydrogens is 182 g/mol. The number of hydrogen-bond donors (Lipinski definition) is 1. The van der Waals surface area contributed by atoms with Crippen LogP contribution in [-0.4, -0.2) is 19.1 Å². The lowest BCUT2D eigenvalue weighted by Gasteiger charge is -2.02. The highest BCUT2D eigenvalue weighted by Gasteiger charge is 2.10. The highest BCUT2D eigenvalue weighted by molar-refractivity contribution is 5.70. The normalized spacial score (nSPS) is 11.0. The Labute approximate surface area is 80.0 Å². The van der Waals surface area contributed by atoms with E-state index in [1.165, 1.54) is 4.57 Å². The molecule has 2 N–H and O–H groups in total. The summed E-state index contributed by atoms with van der Waals surface area (Å²) in [5.41, 5.74) is 6.29. The van der Waals surface area contributed by atoms with Crippen molar-refractivity contribution >= 4 is 17.1 Å². The number of nitrogen functional groups attached to an aromatic ring is 1. The Bertz CT molecular complexity index is 538. The molecule has 0 saturated heterocycles. The predicted molar refractivity (Wildman–Crippen MR) is 52.9 cm³/mol. The molecular formula is C8H11N5O. The Kier molecular flexibility index (Phi) is 1.77. The molecule has 0 unspecified atom stereocenters. The number of anilines is 1. The molecule has 2 aromatic rings. The van der Waals surface area contributed by atoms with E-state index in [1.807, 2.05) is 6.92 Å². The first-order chi connectivity index (χ1) is 6.65. The van der Waals surface area contributed by atoms with Crippen LogP contribution in [0.3, 0.4) is 0 Å². The van der Waals surface area contributed by atoms with Gasteiger partial charge in [0.25, 0.3) is 5.56 Å². The number of nitrogens with zero attached hydrogens (tertiary/aromatic N) is 4. The van der Waals surface area contributed by atoms with Crippen LogP contribution < -0.4 is 11.3 Å². The molecule has 0 aliphatic rings. The second kappa shape index (κ2) is 2.83. The molecule has 0 aliphatic heterocycles. The van der Waals surface area contributed by atoms with Crippen molar-refractivity contribution in [2.75, 3.05) is 5.73 Å². The molecule has 2 rings (SSSR count). The molecule has 0 aromatic carbocycles. The van der Waals surface area contributed by atoms with Gasteiger partial charge in [-0.05, 0) is 6.92 Å². The molecule has 0 spiro atoms. The molecule has 6 nitrogen and oxygen atoms in total. The number of aromatic nitrogens is 4. The van der Waals surface area contributed by atoms with Crippen LogP contribution >= 0.6 is 0 Å². The molecule has 14 heavy (non-hydrogen) atoms. The summed E-state index contributed by atoms with van der Waals surface area (Å²) < 4.78 is 3.07. The van der Waals surface area contributed by atoms with Gasteiger partial charge in [-0.1, -0.05) is 0 Å². The minimum absolute atomic E-state index is 0.206. The lowest BCUT2D eigenvalue weighted by atomic mass is 10.5. The van der Waals surface area contributed by atoms with E-state index in [-0.39, 0.29) is 11.5 Å². The lowest BCUT2D eigenvalue weighted by Crippen LogP contribution is -2.21. The van der Waals surface area contributed by atoms with Gasteiger partial charge >= 0.3 is 0 Å². The van der Waals surface area contributed by atoms with Gasteiger partial charge in [0, 0.05) is 13.6 Å². The molecule has 74 valence electrons. The van der Waals surface area contributed by atoms with Crippen LogP contribution in [0.2, 0.25) is 0 Å². The fraction of sp³-hybridized carbons (Fsp3) is 0.375. The van der Waals surface area contributed by atoms with Crippen molar-refractivity contribution in [3.8, 4) is 0 Å². The fourth-order valence-electron chi connectivity index (χ4n) is 1.32. The first kappa shape index (κ1) is 8.74. The minimum atomic E-state index is -0.209. The number of aryl methyl sites for hydroxylation is 1. The first-order valence-electron chi connectivity index (χ1n) is 4.32. The number of nitrogens with two attached hydrogens (primary N) is 1. The maximum absolute atomic E-state index is 11.6. The molecule has 2 heterocycles. The van der Waals surface area contributed by atoms with Crippen LogP contribution in [0.4, 0.5) is 5.95 Å². The third kappa shape index (κ3) is 1.00. The topological polar surface area (TPSA) is 78.7 Å². The van der Waals surface area contributed by atoms with E-state index in [9.17, 15) is 4.79 Å². The molecule has 0 saturated carbocycles. The quantitative estimate of drug-likeness (QED) is 0.676. The van der Waals surface area contributed by atoms with E-state index in [0.717, 1.165) is 6.54 Å². The SMILES string of the molecule is CCn1cnc2c(=O)n(C)c(N)nc21. The largest absolute Gasteiger partial charge is 0.369 e. The summed E-state index contributed by atoms with van der Waals surface area (Å²) in [6.07, 6.45) is 1.60. The maximum Gasteiger partial charge on any atom is 0.282 e. The van der Waals surface area contributed by atoms with Gasteiger partial charge < -0.3 is 10.3 Å². The van der Waals surface area contributed by atoms with Gasteiger partial charge in [-0.25, -0.2) is 4.98 Å². The highest BCUT2D eigenvalue weighted by Crippen LogP contribution is 2.06. The summed E-state index contributed by atoms with van der Waals surface area (Å²) >= 11 is 0. The molecule has 6 heteroatoms. The van der Waals surface area contributed by atoms with E-state index in [0.29, 0.717) is 11.2 Å². The van der Waals surface area contributed by atoms with Gasteiger partial charge in [0.2, 0.25) is 5.95 Å². The molecule has 2 aromatic heterocycles. The number of hydrogen-bond acceptors (Lipinski definition) is 4. The van der Waals surface area contributed by atoms with E-state index in [2.05, 4.69) is 9.97 Å². The predicted octanol–water partition coefficient (Wildman–Crippen LogP) is -0.268. The molecule has 0 radical (unpaired) electrons. The maximum atomic E-state index is 11.6. The van der Waals surface area contributed by atoms with Crippen molar-refractivity contribution in [3.05, 3.63) is 16.7 Å². The lowest BCUT2D eigenvalue weighted by molar-refractivity contribution is 0.773. The van der Waals surface area contributed by atoms with Gasteiger partial charge in [0.15, 0.2) is 11.2 Å². The third-order valence-corrected chi connectivity index (χ3v) is 2.22. The Morgan fingerprint density at radius 2 is 2.29 bits per heavy atom. The van der Waals surface area contributed by atoms with Crippen molar-refractivity contribution in [2.24, 2.45) is 7.05 Å². The van der Waals surface area contributed by atoms with E-state index < -0.39 is 0 Å². The van der Waals surface area contributed by atoms with Crippen molar-refractivity contribution in [1.29, 1.82) is 0 Å². The number of fused-ring (bicyclic) bond motifs is 1.